The number of sulfonamides is 1. The van der Waals surface area contributed by atoms with Crippen molar-refractivity contribution in [3.8, 4) is 0 Å². The summed E-state index contributed by atoms with van der Waals surface area (Å²) < 4.78 is 32.4. The first-order valence-corrected chi connectivity index (χ1v) is 11.4. The molecule has 1 amide bonds. The van der Waals surface area contributed by atoms with Gasteiger partial charge >= 0.3 is 0 Å². The molecule has 27 heavy (non-hydrogen) atoms. The summed E-state index contributed by atoms with van der Waals surface area (Å²) in [5.41, 5.74) is 0.131. The van der Waals surface area contributed by atoms with Crippen LogP contribution in [0.15, 0.2) is 17.0 Å². The maximum absolute atomic E-state index is 12.9. The highest BCUT2D eigenvalue weighted by atomic mass is 35.5. The van der Waals surface area contributed by atoms with E-state index in [4.69, 9.17) is 27.9 Å². The minimum Gasteiger partial charge on any atom is -0.379 e. The largest absolute Gasteiger partial charge is 0.379 e. The van der Waals surface area contributed by atoms with Crippen LogP contribution in [0, 0.1) is 5.92 Å². The Kier molecular flexibility index (Phi) is 6.69. The van der Waals surface area contributed by atoms with E-state index in [9.17, 15) is 13.2 Å². The number of ether oxygens (including phenoxy) is 1. The van der Waals surface area contributed by atoms with Crippen LogP contribution in [0.2, 0.25) is 10.0 Å². The Labute approximate surface area is 170 Å². The first-order chi connectivity index (χ1) is 12.8. The maximum atomic E-state index is 12.9. The lowest BCUT2D eigenvalue weighted by Gasteiger charge is -2.28. The Bertz CT molecular complexity index is 802. The van der Waals surface area contributed by atoms with Gasteiger partial charge in [0.05, 0.1) is 28.8 Å². The number of nitrogens with zero attached hydrogens (tertiary/aromatic N) is 1. The third-order valence-corrected chi connectivity index (χ3v) is 7.88. The monoisotopic (exact) mass is 434 g/mol. The molecule has 3 rings (SSSR count). The number of amides is 1. The second-order valence-electron chi connectivity index (χ2n) is 7.21. The van der Waals surface area contributed by atoms with Crippen LogP contribution < -0.4 is 5.32 Å². The number of hydrogen-bond donors (Lipinski definition) is 1. The molecule has 1 aliphatic carbocycles. The SMILES string of the molecule is CC1CCC(NC(=O)c2cc(S(=O)(=O)N3CCOCC3)c(Cl)cc2Cl)CC1. The zero-order valence-electron chi connectivity index (χ0n) is 15.2. The Morgan fingerprint density at radius 1 is 1.11 bits per heavy atom. The van der Waals surface area contributed by atoms with Crippen LogP contribution in [0.1, 0.15) is 43.0 Å². The van der Waals surface area contributed by atoms with E-state index < -0.39 is 10.0 Å². The van der Waals surface area contributed by atoms with Gasteiger partial charge in [-0.15, -0.1) is 0 Å². The molecular formula is C18H24Cl2N2O4S. The van der Waals surface area contributed by atoms with Crippen molar-refractivity contribution in [2.24, 2.45) is 5.92 Å². The Hall–Kier alpha value is -0.860. The number of nitrogens with one attached hydrogen (secondary N) is 1. The fraction of sp³-hybridized carbons (Fsp3) is 0.611. The van der Waals surface area contributed by atoms with Gasteiger partial charge in [0.2, 0.25) is 10.0 Å². The Morgan fingerprint density at radius 3 is 2.37 bits per heavy atom. The van der Waals surface area contributed by atoms with E-state index in [1.807, 2.05) is 0 Å². The van der Waals surface area contributed by atoms with Gasteiger partial charge in [0.25, 0.3) is 5.91 Å². The third kappa shape index (κ3) is 4.77. The first kappa shape index (κ1) is 20.9. The minimum atomic E-state index is -3.82. The molecule has 2 fully saturated rings. The van der Waals surface area contributed by atoms with Gasteiger partial charge in [0.15, 0.2) is 0 Å². The summed E-state index contributed by atoms with van der Waals surface area (Å²) in [5.74, 6) is 0.303. The van der Waals surface area contributed by atoms with Crippen molar-refractivity contribution in [1.29, 1.82) is 0 Å². The first-order valence-electron chi connectivity index (χ1n) is 9.17. The fourth-order valence-corrected chi connectivity index (χ4v) is 5.74. The van der Waals surface area contributed by atoms with E-state index >= 15 is 0 Å². The van der Waals surface area contributed by atoms with Gasteiger partial charge in [0.1, 0.15) is 4.90 Å². The number of morpholine rings is 1. The third-order valence-electron chi connectivity index (χ3n) is 5.21. The van der Waals surface area contributed by atoms with Crippen LogP contribution in [0.4, 0.5) is 0 Å². The highest BCUT2D eigenvalue weighted by Gasteiger charge is 2.30. The summed E-state index contributed by atoms with van der Waals surface area (Å²) in [6.07, 6.45) is 3.96. The number of rotatable bonds is 4. The Balaban J connectivity index is 1.84. The lowest BCUT2D eigenvalue weighted by Crippen LogP contribution is -2.41. The normalized spacial score (nSPS) is 24.6. The average Bonchev–Trinajstić information content (AvgIpc) is 2.64. The second kappa shape index (κ2) is 8.66. The minimum absolute atomic E-state index is 0.00883. The Morgan fingerprint density at radius 2 is 1.74 bits per heavy atom. The van der Waals surface area contributed by atoms with Crippen LogP contribution in [-0.2, 0) is 14.8 Å². The molecule has 0 radical (unpaired) electrons. The summed E-state index contributed by atoms with van der Waals surface area (Å²) >= 11 is 12.4. The van der Waals surface area contributed by atoms with Crippen LogP contribution >= 0.6 is 23.2 Å². The van der Waals surface area contributed by atoms with Gasteiger partial charge in [-0.3, -0.25) is 4.79 Å². The van der Waals surface area contributed by atoms with Crippen LogP contribution in [0.3, 0.4) is 0 Å². The van der Waals surface area contributed by atoms with Crippen molar-refractivity contribution < 1.29 is 17.9 Å². The number of benzene rings is 1. The van der Waals surface area contributed by atoms with E-state index in [-0.39, 0.29) is 45.5 Å². The van der Waals surface area contributed by atoms with Crippen LogP contribution in [-0.4, -0.2) is 51.0 Å². The molecule has 0 atom stereocenters. The molecule has 1 N–H and O–H groups in total. The number of halogens is 2. The molecule has 150 valence electrons. The number of carbonyl (C=O) groups excluding carboxylic acids is 1. The topological polar surface area (TPSA) is 75.7 Å². The van der Waals surface area contributed by atoms with E-state index in [0.717, 1.165) is 25.7 Å². The average molecular weight is 435 g/mol. The molecule has 2 aliphatic rings. The van der Waals surface area contributed by atoms with Gasteiger partial charge < -0.3 is 10.1 Å². The predicted molar refractivity (Wildman–Crippen MR) is 105 cm³/mol. The quantitative estimate of drug-likeness (QED) is 0.788. The summed E-state index contributed by atoms with van der Waals surface area (Å²) in [6, 6.07) is 2.70. The molecule has 9 heteroatoms. The van der Waals surface area contributed by atoms with Crippen molar-refractivity contribution in [3.63, 3.8) is 0 Å². The number of carbonyl (C=O) groups is 1. The summed E-state index contributed by atoms with van der Waals surface area (Å²) in [5, 5.41) is 3.13. The van der Waals surface area contributed by atoms with E-state index in [0.29, 0.717) is 19.1 Å². The van der Waals surface area contributed by atoms with Crippen molar-refractivity contribution in [1.82, 2.24) is 9.62 Å². The van der Waals surface area contributed by atoms with Crippen molar-refractivity contribution >= 4 is 39.1 Å². The molecular weight excluding hydrogens is 411 g/mol. The maximum Gasteiger partial charge on any atom is 0.253 e. The fourth-order valence-electron chi connectivity index (χ4n) is 3.49. The van der Waals surface area contributed by atoms with Gasteiger partial charge in [-0.05, 0) is 43.7 Å². The highest BCUT2D eigenvalue weighted by molar-refractivity contribution is 7.89. The molecule has 1 heterocycles. The van der Waals surface area contributed by atoms with E-state index in [1.54, 1.807) is 0 Å². The molecule has 0 aromatic heterocycles. The van der Waals surface area contributed by atoms with Gasteiger partial charge in [0, 0.05) is 19.1 Å². The zero-order chi connectivity index (χ0) is 19.6. The molecule has 1 aromatic carbocycles. The molecule has 0 unspecified atom stereocenters. The molecule has 0 spiro atoms. The second-order valence-corrected chi connectivity index (χ2v) is 9.93. The van der Waals surface area contributed by atoms with Crippen molar-refractivity contribution in [3.05, 3.63) is 27.7 Å². The van der Waals surface area contributed by atoms with Crippen molar-refractivity contribution in [2.75, 3.05) is 26.3 Å². The molecule has 0 bridgehead atoms. The van der Waals surface area contributed by atoms with Gasteiger partial charge in [-0.1, -0.05) is 30.1 Å². The summed E-state index contributed by atoms with van der Waals surface area (Å²) in [6.45, 7) is 3.37. The molecule has 1 saturated heterocycles. The van der Waals surface area contributed by atoms with Crippen LogP contribution in [0.25, 0.3) is 0 Å². The number of hydrogen-bond acceptors (Lipinski definition) is 4. The highest BCUT2D eigenvalue weighted by Crippen LogP contribution is 2.31. The lowest BCUT2D eigenvalue weighted by atomic mass is 9.87. The van der Waals surface area contributed by atoms with E-state index in [1.165, 1.54) is 16.4 Å². The zero-order valence-corrected chi connectivity index (χ0v) is 17.5. The lowest BCUT2D eigenvalue weighted by molar-refractivity contribution is 0.0730. The molecule has 1 saturated carbocycles. The smallest absolute Gasteiger partial charge is 0.253 e. The summed E-state index contributed by atoms with van der Waals surface area (Å²) in [7, 11) is -3.82. The summed E-state index contributed by atoms with van der Waals surface area (Å²) in [4.78, 5) is 12.6. The van der Waals surface area contributed by atoms with Crippen LogP contribution in [0.5, 0.6) is 0 Å². The molecule has 1 aliphatic heterocycles. The standard InChI is InChI=1S/C18H24Cl2N2O4S/c1-12-2-4-13(5-3-12)21-18(23)14-10-17(16(20)11-15(14)19)27(24,25)22-6-8-26-9-7-22/h10-13H,2-9H2,1H3,(H,21,23). The van der Waals surface area contributed by atoms with E-state index in [2.05, 4.69) is 12.2 Å². The predicted octanol–water partition coefficient (Wildman–Crippen LogP) is 3.32. The van der Waals surface area contributed by atoms with Gasteiger partial charge in [-0.25, -0.2) is 8.42 Å². The molecule has 6 nitrogen and oxygen atoms in total. The molecule has 1 aromatic rings. The van der Waals surface area contributed by atoms with Crippen molar-refractivity contribution in [2.45, 2.75) is 43.5 Å². The van der Waals surface area contributed by atoms with Gasteiger partial charge in [-0.2, -0.15) is 4.31 Å².